The first-order valence-corrected chi connectivity index (χ1v) is 18.5. The summed E-state index contributed by atoms with van der Waals surface area (Å²) in [4.78, 5) is 57.1. The normalized spacial score (nSPS) is 22.4. The van der Waals surface area contributed by atoms with Gasteiger partial charge in [-0.3, -0.25) is 19.2 Å². The lowest BCUT2D eigenvalue weighted by atomic mass is 9.70. The van der Waals surface area contributed by atoms with Gasteiger partial charge in [-0.1, -0.05) is 48.5 Å². The predicted molar refractivity (Wildman–Crippen MR) is 180 cm³/mol. The molecule has 0 radical (unpaired) electrons. The number of imide groups is 2. The number of anilines is 2. The van der Waals surface area contributed by atoms with E-state index in [4.69, 9.17) is 8.57 Å². The Balaban J connectivity index is 1.14. The molecule has 0 aromatic heterocycles. The van der Waals surface area contributed by atoms with Crippen molar-refractivity contribution < 1.29 is 44.6 Å². The largest absolute Gasteiger partial charge is 0.377 e. The molecular formula is C34H32N4O10S2. The van der Waals surface area contributed by atoms with Gasteiger partial charge in [0.15, 0.2) is 0 Å². The van der Waals surface area contributed by atoms with Crippen LogP contribution >= 0.6 is 0 Å². The second kappa shape index (κ2) is 11.9. The van der Waals surface area contributed by atoms with Crippen LogP contribution in [-0.2, 0) is 48.0 Å². The summed E-state index contributed by atoms with van der Waals surface area (Å²) in [6.45, 7) is 0. The van der Waals surface area contributed by atoms with Crippen LogP contribution in [0.5, 0.6) is 0 Å². The van der Waals surface area contributed by atoms with Crippen LogP contribution in [-0.4, -0.2) is 78.8 Å². The lowest BCUT2D eigenvalue weighted by Gasteiger charge is -2.27. The number of fused-ring (bicyclic) bond motifs is 4. The molecule has 7 rings (SSSR count). The van der Waals surface area contributed by atoms with Crippen LogP contribution in [0.4, 0.5) is 11.4 Å². The lowest BCUT2D eigenvalue weighted by molar-refractivity contribution is -0.166. The number of hydrogen-bond donors (Lipinski definition) is 0. The summed E-state index contributed by atoms with van der Waals surface area (Å²) in [6.07, 6.45) is -0.634. The SMILES string of the molecule is CN(C)c1cccc2cccc(S(=O)(=O)ON3C(=O)C4CC5C(=O)N(OS(=O)(=O)c6cccc7cccc(N(C)C)c67)C(=O)C5CC4C3=O)c12. The van der Waals surface area contributed by atoms with Gasteiger partial charge in [-0.25, -0.2) is 0 Å². The Hall–Kier alpha value is -4.90. The summed E-state index contributed by atoms with van der Waals surface area (Å²) in [7, 11) is -2.50. The summed E-state index contributed by atoms with van der Waals surface area (Å²) in [5, 5.41) is 2.26. The van der Waals surface area contributed by atoms with E-state index in [-0.39, 0.29) is 32.8 Å². The molecule has 260 valence electrons. The zero-order chi connectivity index (χ0) is 35.9. The van der Waals surface area contributed by atoms with Gasteiger partial charge in [-0.2, -0.15) is 16.8 Å². The molecule has 2 aliphatic heterocycles. The molecule has 2 saturated heterocycles. The monoisotopic (exact) mass is 720 g/mol. The van der Waals surface area contributed by atoms with Crippen LogP contribution in [0.25, 0.3) is 21.5 Å². The molecule has 4 aromatic rings. The quantitative estimate of drug-likeness (QED) is 0.245. The molecule has 4 amide bonds. The van der Waals surface area contributed by atoms with Crippen LogP contribution in [0.2, 0.25) is 0 Å². The molecule has 0 bridgehead atoms. The van der Waals surface area contributed by atoms with Crippen LogP contribution in [0.3, 0.4) is 0 Å². The number of rotatable bonds is 8. The summed E-state index contributed by atoms with van der Waals surface area (Å²) in [5.41, 5.74) is 1.13. The third-order valence-corrected chi connectivity index (χ3v) is 12.0. The number of hydrogen-bond acceptors (Lipinski definition) is 12. The molecule has 2 heterocycles. The van der Waals surface area contributed by atoms with Crippen molar-refractivity contribution in [3.63, 3.8) is 0 Å². The third kappa shape index (κ3) is 5.21. The van der Waals surface area contributed by atoms with Gasteiger partial charge in [-0.15, -0.1) is 18.7 Å². The highest BCUT2D eigenvalue weighted by Crippen LogP contribution is 2.48. The molecule has 4 aromatic carbocycles. The number of hydroxylamine groups is 4. The maximum atomic E-state index is 13.6. The molecular weight excluding hydrogens is 689 g/mol. The highest BCUT2D eigenvalue weighted by atomic mass is 32.2. The predicted octanol–water partition coefficient (Wildman–Crippen LogP) is 3.06. The van der Waals surface area contributed by atoms with E-state index >= 15 is 0 Å². The van der Waals surface area contributed by atoms with Crippen molar-refractivity contribution >= 4 is 76.8 Å². The number of amides is 4. The molecule has 1 aliphatic carbocycles. The first-order valence-electron chi connectivity index (χ1n) is 15.7. The molecule has 50 heavy (non-hydrogen) atoms. The Morgan fingerprint density at radius 1 is 0.520 bits per heavy atom. The fraction of sp³-hybridized carbons (Fsp3) is 0.294. The standard InChI is InChI=1S/C34H32N4O10S2/c1-35(2)25-13-5-9-19-11-7-15-27(29(19)25)49(43,44)47-37-31(39)21-17-23-24(18-22(21)32(37)40)34(42)38(33(23)41)48-50(45,46)28-16-8-12-20-10-6-14-26(30(20)28)36(3)4/h5-16,21-24H,17-18H2,1-4H3. The van der Waals surface area contributed by atoms with E-state index in [0.717, 1.165) is 0 Å². The van der Waals surface area contributed by atoms with Crippen molar-refractivity contribution in [2.24, 2.45) is 23.7 Å². The Kier molecular flexibility index (Phi) is 7.97. The fourth-order valence-electron chi connectivity index (χ4n) is 7.28. The highest BCUT2D eigenvalue weighted by Gasteiger charge is 2.62. The maximum absolute atomic E-state index is 13.6. The fourth-order valence-corrected chi connectivity index (χ4v) is 9.56. The average Bonchev–Trinajstić information content (AvgIpc) is 3.44. The summed E-state index contributed by atoms with van der Waals surface area (Å²) in [6, 6.07) is 19.5. The van der Waals surface area contributed by atoms with Crippen LogP contribution in [0.1, 0.15) is 12.8 Å². The summed E-state index contributed by atoms with van der Waals surface area (Å²) in [5.74, 6) is -8.64. The van der Waals surface area contributed by atoms with Gasteiger partial charge >= 0.3 is 20.2 Å². The summed E-state index contributed by atoms with van der Waals surface area (Å²) < 4.78 is 65.0. The van der Waals surface area contributed by atoms with Crippen molar-refractivity contribution in [3.8, 4) is 0 Å². The second-order valence-corrected chi connectivity index (χ2v) is 15.9. The highest BCUT2D eigenvalue weighted by molar-refractivity contribution is 7.87. The molecule has 0 N–H and O–H groups in total. The van der Waals surface area contributed by atoms with Gasteiger partial charge in [0.25, 0.3) is 23.6 Å². The Morgan fingerprint density at radius 2 is 0.820 bits per heavy atom. The Morgan fingerprint density at radius 3 is 1.12 bits per heavy atom. The van der Waals surface area contributed by atoms with E-state index in [9.17, 15) is 36.0 Å². The van der Waals surface area contributed by atoms with Crippen molar-refractivity contribution in [1.29, 1.82) is 0 Å². The van der Waals surface area contributed by atoms with Gasteiger partial charge in [0.05, 0.1) is 23.7 Å². The second-order valence-electron chi connectivity index (χ2n) is 12.9. The maximum Gasteiger partial charge on any atom is 0.318 e. The first kappa shape index (κ1) is 33.6. The number of carbonyl (C=O) groups is 4. The molecule has 0 spiro atoms. The molecule has 4 atom stereocenters. The zero-order valence-electron chi connectivity index (χ0n) is 27.3. The van der Waals surface area contributed by atoms with Crippen molar-refractivity contribution in [3.05, 3.63) is 72.8 Å². The Bertz CT molecular complexity index is 2140. The van der Waals surface area contributed by atoms with Crippen molar-refractivity contribution in [2.45, 2.75) is 22.6 Å². The van der Waals surface area contributed by atoms with Crippen molar-refractivity contribution in [1.82, 2.24) is 10.1 Å². The van der Waals surface area contributed by atoms with E-state index < -0.39 is 67.5 Å². The van der Waals surface area contributed by atoms with Gasteiger partial charge in [0, 0.05) is 50.3 Å². The zero-order valence-corrected chi connectivity index (χ0v) is 29.0. The smallest absolute Gasteiger partial charge is 0.318 e. The molecule has 1 saturated carbocycles. The van der Waals surface area contributed by atoms with E-state index in [1.165, 1.54) is 24.3 Å². The number of benzene rings is 4. The van der Waals surface area contributed by atoms with Gasteiger partial charge in [0.2, 0.25) is 0 Å². The third-order valence-electron chi connectivity index (χ3n) is 9.59. The molecule has 4 unspecified atom stereocenters. The van der Waals surface area contributed by atoms with Crippen LogP contribution in [0, 0.1) is 23.7 Å². The summed E-state index contributed by atoms with van der Waals surface area (Å²) >= 11 is 0. The van der Waals surface area contributed by atoms with E-state index in [1.807, 2.05) is 0 Å². The minimum Gasteiger partial charge on any atom is -0.377 e. The van der Waals surface area contributed by atoms with E-state index in [0.29, 0.717) is 32.9 Å². The minimum absolute atomic E-state index is 0.208. The topological polar surface area (TPSA) is 168 Å². The molecule has 14 nitrogen and oxygen atoms in total. The van der Waals surface area contributed by atoms with Gasteiger partial charge in [0.1, 0.15) is 9.79 Å². The average molecular weight is 721 g/mol. The van der Waals surface area contributed by atoms with Crippen LogP contribution in [0.15, 0.2) is 82.6 Å². The molecule has 3 fully saturated rings. The number of carbonyl (C=O) groups excluding carboxylic acids is 4. The molecule has 3 aliphatic rings. The molecule has 16 heteroatoms. The van der Waals surface area contributed by atoms with E-state index in [1.54, 1.807) is 86.5 Å². The van der Waals surface area contributed by atoms with Crippen molar-refractivity contribution in [2.75, 3.05) is 38.0 Å². The van der Waals surface area contributed by atoms with Crippen LogP contribution < -0.4 is 9.80 Å². The number of nitrogens with zero attached hydrogens (tertiary/aromatic N) is 4. The first-order chi connectivity index (χ1) is 23.6. The minimum atomic E-state index is -4.73. The van der Waals surface area contributed by atoms with Gasteiger partial charge < -0.3 is 9.80 Å². The van der Waals surface area contributed by atoms with Gasteiger partial charge in [-0.05, 0) is 47.9 Å². The van der Waals surface area contributed by atoms with E-state index in [2.05, 4.69) is 0 Å². The Labute approximate surface area is 287 Å². The lowest BCUT2D eigenvalue weighted by Crippen LogP contribution is -2.35.